The molecule has 7 heteroatoms. The molecule has 1 amide bonds. The second-order valence-electron chi connectivity index (χ2n) is 6.73. The number of ether oxygens (including phenoxy) is 2. The fourth-order valence-corrected chi connectivity index (χ4v) is 4.55. The smallest absolute Gasteiger partial charge is 0.265 e. The summed E-state index contributed by atoms with van der Waals surface area (Å²) in [5.41, 5.74) is 1.74. The monoisotopic (exact) mass is 376 g/mol. The van der Waals surface area contributed by atoms with Gasteiger partial charge in [0.25, 0.3) is 5.91 Å². The van der Waals surface area contributed by atoms with E-state index in [9.17, 15) is 9.18 Å². The second kappa shape index (κ2) is 7.06. The van der Waals surface area contributed by atoms with Crippen LogP contribution in [0.1, 0.15) is 38.8 Å². The van der Waals surface area contributed by atoms with E-state index in [4.69, 9.17) is 9.47 Å². The Hall–Kier alpha value is -1.83. The Kier molecular flexibility index (Phi) is 4.77. The van der Waals surface area contributed by atoms with Gasteiger partial charge in [0.2, 0.25) is 0 Å². The summed E-state index contributed by atoms with van der Waals surface area (Å²) >= 11 is 1.43. The molecule has 2 aliphatic rings. The molecule has 0 unspecified atom stereocenters. The largest absolute Gasteiger partial charge is 0.347 e. The summed E-state index contributed by atoms with van der Waals surface area (Å²) < 4.78 is 24.5. The van der Waals surface area contributed by atoms with Crippen LogP contribution in [0.2, 0.25) is 0 Å². The SMILES string of the molecule is Cc1nc(Cc2ccc(F)cc2)sc1C(=O)N1CCC2(CC1)OCCO2. The number of hydrogen-bond acceptors (Lipinski definition) is 5. The maximum atomic E-state index is 13.0. The van der Waals surface area contributed by atoms with Gasteiger partial charge in [0.15, 0.2) is 5.79 Å². The van der Waals surface area contributed by atoms with Crippen LogP contribution >= 0.6 is 11.3 Å². The Morgan fingerprint density at radius 3 is 2.54 bits per heavy atom. The third-order valence-electron chi connectivity index (χ3n) is 4.93. The van der Waals surface area contributed by atoms with Crippen molar-refractivity contribution in [3.05, 3.63) is 51.2 Å². The molecule has 1 spiro atoms. The van der Waals surface area contributed by atoms with E-state index in [0.29, 0.717) is 50.4 Å². The third-order valence-corrected chi connectivity index (χ3v) is 6.08. The van der Waals surface area contributed by atoms with Gasteiger partial charge < -0.3 is 14.4 Å². The quantitative estimate of drug-likeness (QED) is 0.826. The van der Waals surface area contributed by atoms with Gasteiger partial charge in [0.05, 0.1) is 23.9 Å². The molecule has 1 aromatic carbocycles. The summed E-state index contributed by atoms with van der Waals surface area (Å²) in [6.45, 7) is 4.39. The van der Waals surface area contributed by atoms with Gasteiger partial charge in [-0.15, -0.1) is 11.3 Å². The Morgan fingerprint density at radius 2 is 1.88 bits per heavy atom. The molecule has 4 rings (SSSR count). The van der Waals surface area contributed by atoms with Gasteiger partial charge in [0.1, 0.15) is 10.7 Å². The van der Waals surface area contributed by atoms with Crippen molar-refractivity contribution in [2.24, 2.45) is 0 Å². The van der Waals surface area contributed by atoms with Crippen LogP contribution in [0, 0.1) is 12.7 Å². The summed E-state index contributed by atoms with van der Waals surface area (Å²) in [5.74, 6) is -0.705. The van der Waals surface area contributed by atoms with Gasteiger partial charge in [-0.3, -0.25) is 4.79 Å². The lowest BCUT2D eigenvalue weighted by Crippen LogP contribution is -2.47. The molecular weight excluding hydrogens is 355 g/mol. The number of nitrogens with zero attached hydrogens (tertiary/aromatic N) is 2. The predicted octanol–water partition coefficient (Wildman–Crippen LogP) is 3.16. The van der Waals surface area contributed by atoms with Gasteiger partial charge in [-0.1, -0.05) is 12.1 Å². The second-order valence-corrected chi connectivity index (χ2v) is 7.81. The minimum absolute atomic E-state index is 0.0261. The normalized spacial score (nSPS) is 19.2. The molecule has 2 aliphatic heterocycles. The van der Waals surface area contributed by atoms with Crippen LogP contribution in [0.15, 0.2) is 24.3 Å². The van der Waals surface area contributed by atoms with Crippen molar-refractivity contribution in [1.29, 1.82) is 0 Å². The minimum atomic E-state index is -0.479. The van der Waals surface area contributed by atoms with Crippen molar-refractivity contribution in [3.63, 3.8) is 0 Å². The van der Waals surface area contributed by atoms with Crippen molar-refractivity contribution < 1.29 is 18.7 Å². The highest BCUT2D eigenvalue weighted by Gasteiger charge is 2.41. The maximum Gasteiger partial charge on any atom is 0.265 e. The van der Waals surface area contributed by atoms with Crippen molar-refractivity contribution >= 4 is 17.2 Å². The summed E-state index contributed by atoms with van der Waals surface area (Å²) in [4.78, 5) is 20.0. The molecule has 0 bridgehead atoms. The molecule has 2 fully saturated rings. The fraction of sp³-hybridized carbons (Fsp3) is 0.474. The van der Waals surface area contributed by atoms with Crippen molar-refractivity contribution in [2.75, 3.05) is 26.3 Å². The van der Waals surface area contributed by atoms with E-state index in [2.05, 4.69) is 4.98 Å². The van der Waals surface area contributed by atoms with Crippen LogP contribution in [0.5, 0.6) is 0 Å². The number of likely N-dealkylation sites (tertiary alicyclic amines) is 1. The average Bonchev–Trinajstić information content (AvgIpc) is 3.24. The van der Waals surface area contributed by atoms with E-state index in [1.807, 2.05) is 11.8 Å². The predicted molar refractivity (Wildman–Crippen MR) is 95.8 cm³/mol. The Morgan fingerprint density at radius 1 is 1.23 bits per heavy atom. The number of piperidine rings is 1. The number of thiazole rings is 1. The van der Waals surface area contributed by atoms with Crippen LogP contribution in [0.4, 0.5) is 4.39 Å². The minimum Gasteiger partial charge on any atom is -0.347 e. The molecule has 138 valence electrons. The molecule has 0 N–H and O–H groups in total. The Balaban J connectivity index is 1.43. The summed E-state index contributed by atoms with van der Waals surface area (Å²) in [5, 5.41) is 0.869. The average molecular weight is 376 g/mol. The van der Waals surface area contributed by atoms with E-state index >= 15 is 0 Å². The molecule has 2 aromatic rings. The van der Waals surface area contributed by atoms with E-state index in [-0.39, 0.29) is 11.7 Å². The molecule has 0 saturated carbocycles. The van der Waals surface area contributed by atoms with Crippen LogP contribution < -0.4 is 0 Å². The molecule has 1 aromatic heterocycles. The number of hydrogen-bond donors (Lipinski definition) is 0. The van der Waals surface area contributed by atoms with Gasteiger partial charge in [-0.05, 0) is 24.6 Å². The maximum absolute atomic E-state index is 13.0. The van der Waals surface area contributed by atoms with Crippen molar-refractivity contribution in [1.82, 2.24) is 9.88 Å². The number of aryl methyl sites for hydroxylation is 1. The van der Waals surface area contributed by atoms with Gasteiger partial charge in [-0.2, -0.15) is 0 Å². The molecule has 2 saturated heterocycles. The van der Waals surface area contributed by atoms with Crippen molar-refractivity contribution in [3.8, 4) is 0 Å². The number of aromatic nitrogens is 1. The topological polar surface area (TPSA) is 51.7 Å². The van der Waals surface area contributed by atoms with Crippen molar-refractivity contribution in [2.45, 2.75) is 32.0 Å². The highest BCUT2D eigenvalue weighted by atomic mass is 32.1. The van der Waals surface area contributed by atoms with E-state index in [1.54, 1.807) is 12.1 Å². The molecule has 26 heavy (non-hydrogen) atoms. The number of rotatable bonds is 3. The van der Waals surface area contributed by atoms with Crippen LogP contribution in [0.3, 0.4) is 0 Å². The number of benzene rings is 1. The zero-order chi connectivity index (χ0) is 18.1. The lowest BCUT2D eigenvalue weighted by molar-refractivity contribution is -0.181. The highest BCUT2D eigenvalue weighted by molar-refractivity contribution is 7.13. The Bertz CT molecular complexity index is 790. The molecular formula is C19H21FN2O3S. The Labute approximate surface area is 155 Å². The van der Waals surface area contributed by atoms with Crippen LogP contribution in [-0.2, 0) is 15.9 Å². The van der Waals surface area contributed by atoms with Gasteiger partial charge in [0, 0.05) is 32.4 Å². The lowest BCUT2D eigenvalue weighted by Gasteiger charge is -2.37. The van der Waals surface area contributed by atoms with E-state index in [0.717, 1.165) is 16.3 Å². The first-order valence-electron chi connectivity index (χ1n) is 8.83. The molecule has 0 atom stereocenters. The van der Waals surface area contributed by atoms with Gasteiger partial charge >= 0.3 is 0 Å². The van der Waals surface area contributed by atoms with Crippen LogP contribution in [0.25, 0.3) is 0 Å². The van der Waals surface area contributed by atoms with E-state index in [1.165, 1.54) is 23.5 Å². The summed E-state index contributed by atoms with van der Waals surface area (Å²) in [6.07, 6.45) is 2.02. The number of halogens is 1. The first-order valence-corrected chi connectivity index (χ1v) is 9.64. The number of amides is 1. The van der Waals surface area contributed by atoms with Crippen LogP contribution in [-0.4, -0.2) is 47.9 Å². The number of carbonyl (C=O) groups is 1. The molecule has 0 radical (unpaired) electrons. The summed E-state index contributed by atoms with van der Waals surface area (Å²) in [6, 6.07) is 6.38. The highest BCUT2D eigenvalue weighted by Crippen LogP contribution is 2.32. The molecule has 5 nitrogen and oxygen atoms in total. The standard InChI is InChI=1S/C19H21FN2O3S/c1-13-17(26-16(21-13)12-14-2-4-15(20)5-3-14)18(23)22-8-6-19(7-9-22)24-10-11-25-19/h2-5H,6-12H2,1H3. The molecule has 0 aliphatic carbocycles. The third kappa shape index (κ3) is 3.51. The van der Waals surface area contributed by atoms with Gasteiger partial charge in [-0.25, -0.2) is 9.37 Å². The zero-order valence-electron chi connectivity index (χ0n) is 14.7. The first kappa shape index (κ1) is 17.6. The molecule has 3 heterocycles. The lowest BCUT2D eigenvalue weighted by atomic mass is 10.0. The first-order chi connectivity index (χ1) is 12.5. The fourth-order valence-electron chi connectivity index (χ4n) is 3.48. The summed E-state index contributed by atoms with van der Waals surface area (Å²) in [7, 11) is 0. The van der Waals surface area contributed by atoms with E-state index < -0.39 is 5.79 Å². The number of carbonyl (C=O) groups excluding carboxylic acids is 1. The zero-order valence-corrected chi connectivity index (χ0v) is 15.5.